The van der Waals surface area contributed by atoms with Crippen LogP contribution in [0.25, 0.3) is 0 Å². The van der Waals surface area contributed by atoms with E-state index in [4.69, 9.17) is 0 Å². The minimum Gasteiger partial charge on any atom is -0.212 e. The van der Waals surface area contributed by atoms with Gasteiger partial charge in [0.15, 0.2) is 0 Å². The summed E-state index contributed by atoms with van der Waals surface area (Å²) in [6, 6.07) is 20.7. The van der Waals surface area contributed by atoms with Gasteiger partial charge in [0.1, 0.15) is 0 Å². The third-order valence-electron chi connectivity index (χ3n) is 5.49. The van der Waals surface area contributed by atoms with Crippen LogP contribution in [0.1, 0.15) is 30.9 Å². The van der Waals surface area contributed by atoms with Crippen LogP contribution in [0.5, 0.6) is 0 Å². The molecule has 25 heavy (non-hydrogen) atoms. The Bertz CT molecular complexity index is 789. The van der Waals surface area contributed by atoms with E-state index in [1.807, 2.05) is 24.3 Å². The molecule has 0 radical (unpaired) electrons. The molecule has 1 aliphatic heterocycles. The number of piperidine rings is 1. The summed E-state index contributed by atoms with van der Waals surface area (Å²) in [5.74, 6) is 0.304. The minimum absolute atomic E-state index is 0.304. The molecule has 1 heterocycles. The first kappa shape index (κ1) is 18.2. The van der Waals surface area contributed by atoms with Gasteiger partial charge in [-0.1, -0.05) is 60.7 Å². The van der Waals surface area contributed by atoms with E-state index in [0.29, 0.717) is 12.5 Å². The maximum absolute atomic E-state index is 12.5. The number of rotatable bonds is 5. The Kier molecular flexibility index (Phi) is 5.30. The largest absolute Gasteiger partial charge is 0.212 e. The van der Waals surface area contributed by atoms with E-state index in [2.05, 4.69) is 43.3 Å². The van der Waals surface area contributed by atoms with Crippen molar-refractivity contribution in [2.75, 3.05) is 12.8 Å². The minimum atomic E-state index is -3.25. The highest BCUT2D eigenvalue weighted by Gasteiger charge is 2.46. The molecule has 0 N–H and O–H groups in total. The molecule has 0 amide bonds. The Morgan fingerprint density at radius 2 is 1.56 bits per heavy atom. The highest BCUT2D eigenvalue weighted by Crippen LogP contribution is 2.39. The van der Waals surface area contributed by atoms with Crippen LogP contribution in [0.15, 0.2) is 60.7 Å². The maximum Gasteiger partial charge on any atom is 0.211 e. The fourth-order valence-electron chi connectivity index (χ4n) is 4.26. The van der Waals surface area contributed by atoms with E-state index >= 15 is 0 Å². The van der Waals surface area contributed by atoms with Crippen molar-refractivity contribution in [3.8, 4) is 0 Å². The fourth-order valence-corrected chi connectivity index (χ4v) is 5.69. The summed E-state index contributed by atoms with van der Waals surface area (Å²) in [5.41, 5.74) is 2.07. The van der Waals surface area contributed by atoms with Crippen molar-refractivity contribution in [2.45, 2.75) is 38.1 Å². The lowest BCUT2D eigenvalue weighted by atomic mass is 9.73. The van der Waals surface area contributed by atoms with Crippen molar-refractivity contribution in [3.63, 3.8) is 0 Å². The highest BCUT2D eigenvalue weighted by atomic mass is 32.2. The fraction of sp³-hybridized carbons (Fsp3) is 0.429. The highest BCUT2D eigenvalue weighted by molar-refractivity contribution is 7.88. The lowest BCUT2D eigenvalue weighted by Gasteiger charge is -2.49. The molecule has 134 valence electrons. The van der Waals surface area contributed by atoms with Crippen molar-refractivity contribution in [1.82, 2.24) is 4.31 Å². The average Bonchev–Trinajstić information content (AvgIpc) is 2.57. The van der Waals surface area contributed by atoms with Crippen molar-refractivity contribution in [1.29, 1.82) is 0 Å². The van der Waals surface area contributed by atoms with Gasteiger partial charge in [0.2, 0.25) is 10.0 Å². The standard InChI is InChI=1S/C21H27NO2S/c1-21(17-19-12-7-4-8-13-19)20(16-18-10-5-3-6-11-18)14-9-15-22(21)25(2,23)24/h3-8,10-13,20H,9,14-17H2,1-2H3. The monoisotopic (exact) mass is 357 g/mol. The topological polar surface area (TPSA) is 37.4 Å². The van der Waals surface area contributed by atoms with Crippen LogP contribution in [0.4, 0.5) is 0 Å². The molecule has 2 atom stereocenters. The molecule has 2 aromatic carbocycles. The SMILES string of the molecule is CC1(Cc2ccccc2)C(Cc2ccccc2)CCCN1S(C)(=O)=O. The normalized spacial score (nSPS) is 25.0. The van der Waals surface area contributed by atoms with Gasteiger partial charge in [-0.3, -0.25) is 0 Å². The van der Waals surface area contributed by atoms with Crippen molar-refractivity contribution < 1.29 is 8.42 Å². The van der Waals surface area contributed by atoms with Gasteiger partial charge in [-0.25, -0.2) is 8.42 Å². The second-order valence-electron chi connectivity index (χ2n) is 7.38. The van der Waals surface area contributed by atoms with Crippen LogP contribution in [-0.2, 0) is 22.9 Å². The van der Waals surface area contributed by atoms with E-state index in [-0.39, 0.29) is 0 Å². The number of sulfonamides is 1. The smallest absolute Gasteiger partial charge is 0.211 e. The van der Waals surface area contributed by atoms with Gasteiger partial charge in [0.25, 0.3) is 0 Å². The molecule has 0 aliphatic carbocycles. The van der Waals surface area contributed by atoms with E-state index in [0.717, 1.165) is 25.7 Å². The van der Waals surface area contributed by atoms with E-state index in [9.17, 15) is 8.42 Å². The number of nitrogens with zero attached hydrogens (tertiary/aromatic N) is 1. The zero-order chi connectivity index (χ0) is 17.9. The Morgan fingerprint density at radius 1 is 1.00 bits per heavy atom. The van der Waals surface area contributed by atoms with Crippen LogP contribution in [0.2, 0.25) is 0 Å². The molecular weight excluding hydrogens is 330 g/mol. The van der Waals surface area contributed by atoms with E-state index in [1.165, 1.54) is 17.4 Å². The summed E-state index contributed by atoms with van der Waals surface area (Å²) >= 11 is 0. The van der Waals surface area contributed by atoms with Crippen LogP contribution < -0.4 is 0 Å². The van der Waals surface area contributed by atoms with Gasteiger partial charge in [-0.15, -0.1) is 0 Å². The van der Waals surface area contributed by atoms with Crippen LogP contribution in [0.3, 0.4) is 0 Å². The second-order valence-corrected chi connectivity index (χ2v) is 9.29. The molecule has 4 heteroatoms. The van der Waals surface area contributed by atoms with Gasteiger partial charge in [-0.2, -0.15) is 4.31 Å². The van der Waals surface area contributed by atoms with Crippen LogP contribution in [0, 0.1) is 5.92 Å². The summed E-state index contributed by atoms with van der Waals surface area (Å²) in [7, 11) is -3.25. The zero-order valence-electron chi connectivity index (χ0n) is 15.1. The molecule has 1 saturated heterocycles. The quantitative estimate of drug-likeness (QED) is 0.814. The summed E-state index contributed by atoms with van der Waals surface area (Å²) in [6.07, 6.45) is 4.99. The lowest BCUT2D eigenvalue weighted by Crippen LogP contribution is -2.59. The van der Waals surface area contributed by atoms with Crippen molar-refractivity contribution in [2.24, 2.45) is 5.92 Å². The number of hydrogen-bond donors (Lipinski definition) is 0. The van der Waals surface area contributed by atoms with Crippen molar-refractivity contribution >= 4 is 10.0 Å². The van der Waals surface area contributed by atoms with Crippen molar-refractivity contribution in [3.05, 3.63) is 71.8 Å². The van der Waals surface area contributed by atoms with Crippen LogP contribution >= 0.6 is 0 Å². The second kappa shape index (κ2) is 7.30. The Labute approximate surface area is 151 Å². The average molecular weight is 358 g/mol. The predicted octanol–water partition coefficient (Wildman–Crippen LogP) is 3.90. The Morgan fingerprint density at radius 3 is 2.12 bits per heavy atom. The molecule has 0 aromatic heterocycles. The molecule has 3 rings (SSSR count). The van der Waals surface area contributed by atoms with Gasteiger partial charge in [0, 0.05) is 12.1 Å². The Balaban J connectivity index is 1.96. The summed E-state index contributed by atoms with van der Waals surface area (Å²) < 4.78 is 26.8. The van der Waals surface area contributed by atoms with Gasteiger partial charge in [-0.05, 0) is 49.7 Å². The van der Waals surface area contributed by atoms with Gasteiger partial charge >= 0.3 is 0 Å². The zero-order valence-corrected chi connectivity index (χ0v) is 15.9. The molecule has 2 aromatic rings. The number of hydrogen-bond acceptors (Lipinski definition) is 2. The molecular formula is C21H27NO2S. The molecule has 0 bridgehead atoms. The molecule has 3 nitrogen and oxygen atoms in total. The third-order valence-corrected chi connectivity index (χ3v) is 6.89. The van der Waals surface area contributed by atoms with Gasteiger partial charge in [0.05, 0.1) is 6.26 Å². The first-order valence-corrected chi connectivity index (χ1v) is 10.8. The molecule has 0 saturated carbocycles. The van der Waals surface area contributed by atoms with E-state index < -0.39 is 15.6 Å². The van der Waals surface area contributed by atoms with Crippen LogP contribution in [-0.4, -0.2) is 31.1 Å². The molecule has 2 unspecified atom stereocenters. The maximum atomic E-state index is 12.5. The third kappa shape index (κ3) is 4.13. The van der Waals surface area contributed by atoms with Gasteiger partial charge < -0.3 is 0 Å². The Hall–Kier alpha value is -1.65. The summed E-state index contributed by atoms with van der Waals surface area (Å²) in [5, 5.41) is 0. The van der Waals surface area contributed by atoms with E-state index in [1.54, 1.807) is 4.31 Å². The lowest BCUT2D eigenvalue weighted by molar-refractivity contribution is 0.0782. The first-order valence-electron chi connectivity index (χ1n) is 8.95. The first-order chi connectivity index (χ1) is 11.9. The number of benzene rings is 2. The molecule has 0 spiro atoms. The summed E-state index contributed by atoms with van der Waals surface area (Å²) in [4.78, 5) is 0. The molecule has 1 aliphatic rings. The summed E-state index contributed by atoms with van der Waals surface area (Å²) in [6.45, 7) is 2.75. The molecule has 1 fully saturated rings. The predicted molar refractivity (Wildman–Crippen MR) is 103 cm³/mol.